The molecule has 2 rings (SSSR count). The largest absolute Gasteiger partial charge is 0.0619 e. The van der Waals surface area contributed by atoms with Gasteiger partial charge in [0, 0.05) is 0 Å². The van der Waals surface area contributed by atoms with Crippen LogP contribution in [0.2, 0.25) is 0 Å². The molecule has 0 aromatic heterocycles. The van der Waals surface area contributed by atoms with Crippen molar-refractivity contribution in [3.63, 3.8) is 0 Å². The molecule has 11 heavy (non-hydrogen) atoms. The average molecular weight is 145 g/mol. The fraction of sp³-hybridized carbons (Fsp3) is 0.455. The third-order valence-corrected chi connectivity index (χ3v) is 2.55. The maximum absolute atomic E-state index is 3.29. The minimum Gasteiger partial charge on any atom is -0.0619 e. The van der Waals surface area contributed by atoms with E-state index >= 15 is 0 Å². The molecule has 0 amide bonds. The second kappa shape index (κ2) is 2.69. The third-order valence-electron chi connectivity index (χ3n) is 2.55. The zero-order chi connectivity index (χ0) is 7.68. The summed E-state index contributed by atoms with van der Waals surface area (Å²) in [5.74, 6) is 1.69. The van der Waals surface area contributed by atoms with Crippen LogP contribution in [0, 0.1) is 12.0 Å². The summed E-state index contributed by atoms with van der Waals surface area (Å²) in [6, 6.07) is 11.6. The second-order valence-electron chi connectivity index (χ2n) is 3.44. The van der Waals surface area contributed by atoms with Crippen LogP contribution < -0.4 is 0 Å². The van der Waals surface area contributed by atoms with E-state index in [0.717, 1.165) is 11.8 Å². The van der Waals surface area contributed by atoms with Gasteiger partial charge in [-0.25, -0.2) is 0 Å². The van der Waals surface area contributed by atoms with E-state index in [9.17, 15) is 0 Å². The predicted molar refractivity (Wildman–Crippen MR) is 46.4 cm³/mol. The van der Waals surface area contributed by atoms with E-state index in [-0.39, 0.29) is 0 Å². The molecule has 0 saturated heterocycles. The number of benzene rings is 1. The Balaban J connectivity index is 2.15. The topological polar surface area (TPSA) is 0 Å². The van der Waals surface area contributed by atoms with E-state index < -0.39 is 0 Å². The van der Waals surface area contributed by atoms with Crippen molar-refractivity contribution in [2.75, 3.05) is 0 Å². The zero-order valence-electron chi connectivity index (χ0n) is 6.88. The highest BCUT2D eigenvalue weighted by molar-refractivity contribution is 5.19. The molecule has 0 bridgehead atoms. The first-order valence-electron chi connectivity index (χ1n) is 4.34. The van der Waals surface area contributed by atoms with E-state index in [0.29, 0.717) is 0 Å². The molecule has 0 unspecified atom stereocenters. The van der Waals surface area contributed by atoms with Crippen molar-refractivity contribution in [3.8, 4) is 0 Å². The van der Waals surface area contributed by atoms with Crippen LogP contribution in [0.4, 0.5) is 0 Å². The minimum atomic E-state index is 0.733. The molecule has 57 valence electrons. The highest BCUT2D eigenvalue weighted by Crippen LogP contribution is 2.41. The number of hydrogen-bond donors (Lipinski definition) is 0. The Hall–Kier alpha value is -0.780. The van der Waals surface area contributed by atoms with E-state index in [4.69, 9.17) is 0 Å². The summed E-state index contributed by atoms with van der Waals surface area (Å²) in [4.78, 5) is 0. The molecule has 1 atom stereocenters. The maximum Gasteiger partial charge on any atom is -0.0146 e. The van der Waals surface area contributed by atoms with E-state index in [1.54, 1.807) is 0 Å². The van der Waals surface area contributed by atoms with Crippen LogP contribution in [-0.2, 0) is 0 Å². The maximum atomic E-state index is 3.29. The van der Waals surface area contributed by atoms with Crippen LogP contribution in [0.3, 0.4) is 0 Å². The van der Waals surface area contributed by atoms with Gasteiger partial charge in [-0.3, -0.25) is 0 Å². The SMILES string of the molecule is C[C@@H](c1[c]cccc1)C1CC1. The average Bonchev–Trinajstić information content (AvgIpc) is 2.87. The molecule has 1 radical (unpaired) electrons. The Morgan fingerprint density at radius 3 is 2.82 bits per heavy atom. The van der Waals surface area contributed by atoms with Crippen LogP contribution in [0.1, 0.15) is 31.2 Å². The van der Waals surface area contributed by atoms with Crippen LogP contribution in [0.15, 0.2) is 24.3 Å². The normalized spacial score (nSPS) is 19.7. The molecule has 1 saturated carbocycles. The summed E-state index contributed by atoms with van der Waals surface area (Å²) >= 11 is 0. The summed E-state index contributed by atoms with van der Waals surface area (Å²) in [7, 11) is 0. The molecule has 0 aliphatic heterocycles. The highest BCUT2D eigenvalue weighted by atomic mass is 14.3. The molecule has 1 aromatic rings. The molecule has 1 aromatic carbocycles. The lowest BCUT2D eigenvalue weighted by molar-refractivity contribution is 0.663. The molecule has 0 heterocycles. The van der Waals surface area contributed by atoms with Gasteiger partial charge in [-0.05, 0) is 36.3 Å². The first-order valence-corrected chi connectivity index (χ1v) is 4.34. The molecular weight excluding hydrogens is 132 g/mol. The van der Waals surface area contributed by atoms with Crippen molar-refractivity contribution in [1.82, 2.24) is 0 Å². The molecule has 0 heteroatoms. The van der Waals surface area contributed by atoms with Crippen molar-refractivity contribution in [2.24, 2.45) is 5.92 Å². The first-order chi connectivity index (χ1) is 5.38. The number of hydrogen-bond acceptors (Lipinski definition) is 0. The molecule has 1 fully saturated rings. The van der Waals surface area contributed by atoms with Crippen molar-refractivity contribution in [2.45, 2.75) is 25.7 Å². The van der Waals surface area contributed by atoms with Gasteiger partial charge >= 0.3 is 0 Å². The number of rotatable bonds is 2. The summed E-state index contributed by atoms with van der Waals surface area (Å²) in [5.41, 5.74) is 1.38. The van der Waals surface area contributed by atoms with Crippen molar-refractivity contribution >= 4 is 0 Å². The summed E-state index contributed by atoms with van der Waals surface area (Å²) in [5, 5.41) is 0. The Bertz CT molecular complexity index is 221. The van der Waals surface area contributed by atoms with Gasteiger partial charge in [-0.15, -0.1) is 0 Å². The summed E-state index contributed by atoms with van der Waals surface area (Å²) < 4.78 is 0. The smallest absolute Gasteiger partial charge is 0.0146 e. The van der Waals surface area contributed by atoms with Crippen LogP contribution >= 0.6 is 0 Å². The van der Waals surface area contributed by atoms with Crippen LogP contribution in [-0.4, -0.2) is 0 Å². The van der Waals surface area contributed by atoms with Crippen molar-refractivity contribution < 1.29 is 0 Å². The second-order valence-corrected chi connectivity index (χ2v) is 3.44. The van der Waals surface area contributed by atoms with Gasteiger partial charge in [0.05, 0.1) is 0 Å². The first kappa shape index (κ1) is 6.90. The van der Waals surface area contributed by atoms with Crippen molar-refractivity contribution in [3.05, 3.63) is 35.9 Å². The van der Waals surface area contributed by atoms with E-state index in [1.807, 2.05) is 12.1 Å². The summed E-state index contributed by atoms with van der Waals surface area (Å²) in [6.45, 7) is 2.31. The molecule has 0 nitrogen and oxygen atoms in total. The van der Waals surface area contributed by atoms with Gasteiger partial charge in [0.25, 0.3) is 0 Å². The van der Waals surface area contributed by atoms with Gasteiger partial charge in [0.15, 0.2) is 0 Å². The lowest BCUT2D eigenvalue weighted by Gasteiger charge is -2.08. The highest BCUT2D eigenvalue weighted by Gasteiger charge is 2.28. The lowest BCUT2D eigenvalue weighted by atomic mass is 9.97. The third kappa shape index (κ3) is 1.45. The Kier molecular flexibility index (Phi) is 1.69. The van der Waals surface area contributed by atoms with Crippen molar-refractivity contribution in [1.29, 1.82) is 0 Å². The fourth-order valence-electron chi connectivity index (χ4n) is 1.54. The monoisotopic (exact) mass is 145 g/mol. The Morgan fingerprint density at radius 1 is 1.45 bits per heavy atom. The summed E-state index contributed by atoms with van der Waals surface area (Å²) in [6.07, 6.45) is 2.84. The van der Waals surface area contributed by atoms with Gasteiger partial charge < -0.3 is 0 Å². The van der Waals surface area contributed by atoms with E-state index in [1.165, 1.54) is 18.4 Å². The molecule has 1 aliphatic carbocycles. The van der Waals surface area contributed by atoms with E-state index in [2.05, 4.69) is 25.1 Å². The van der Waals surface area contributed by atoms with Crippen LogP contribution in [0.5, 0.6) is 0 Å². The Labute approximate surface area is 68.3 Å². The van der Waals surface area contributed by atoms with Gasteiger partial charge in [-0.1, -0.05) is 31.2 Å². The zero-order valence-corrected chi connectivity index (χ0v) is 6.88. The van der Waals surface area contributed by atoms with Gasteiger partial charge in [-0.2, -0.15) is 0 Å². The van der Waals surface area contributed by atoms with Gasteiger partial charge in [0.2, 0.25) is 0 Å². The minimum absolute atomic E-state index is 0.733. The molecule has 0 N–H and O–H groups in total. The molecule has 1 aliphatic rings. The lowest BCUT2D eigenvalue weighted by Crippen LogP contribution is -1.94. The fourth-order valence-corrected chi connectivity index (χ4v) is 1.54. The Morgan fingerprint density at radius 2 is 2.27 bits per heavy atom. The van der Waals surface area contributed by atoms with Crippen LogP contribution in [0.25, 0.3) is 0 Å². The van der Waals surface area contributed by atoms with Gasteiger partial charge in [0.1, 0.15) is 0 Å². The molecule has 0 spiro atoms. The molecular formula is C11H13. The predicted octanol–water partition coefficient (Wildman–Crippen LogP) is 3.00. The quantitative estimate of drug-likeness (QED) is 0.600. The standard InChI is InChI=1S/C11H13/c1-9(11-7-8-11)10-5-3-2-4-6-10/h2-5,9,11H,7-8H2,1H3/t9-/m0/s1.